The molecule has 1 heterocycles. The SMILES string of the molecule is Cc1ccc(NC(=S)N[C@@H]2CC(C)(C)Oc3ccc(Cl)cc32)cc1. The zero-order chi connectivity index (χ0) is 17.3. The molecule has 0 aromatic heterocycles. The number of benzene rings is 2. The normalized spacial score (nSPS) is 18.2. The van der Waals surface area contributed by atoms with Crippen LogP contribution in [0.2, 0.25) is 5.02 Å². The van der Waals surface area contributed by atoms with Crippen molar-refractivity contribution < 1.29 is 4.74 Å². The molecule has 2 aromatic rings. The lowest BCUT2D eigenvalue weighted by molar-refractivity contribution is 0.0697. The van der Waals surface area contributed by atoms with E-state index < -0.39 is 0 Å². The second-order valence-electron chi connectivity index (χ2n) is 6.77. The fourth-order valence-electron chi connectivity index (χ4n) is 2.92. The second-order valence-corrected chi connectivity index (χ2v) is 7.61. The first-order chi connectivity index (χ1) is 11.3. The van der Waals surface area contributed by atoms with Gasteiger partial charge in [0.15, 0.2) is 5.11 Å². The predicted molar refractivity (Wildman–Crippen MR) is 104 cm³/mol. The number of nitrogens with one attached hydrogen (secondary N) is 2. The Morgan fingerprint density at radius 3 is 2.62 bits per heavy atom. The molecule has 2 aromatic carbocycles. The minimum absolute atomic E-state index is 0.0490. The summed E-state index contributed by atoms with van der Waals surface area (Å²) in [5, 5.41) is 7.92. The molecule has 0 radical (unpaired) electrons. The van der Waals surface area contributed by atoms with Gasteiger partial charge in [-0.1, -0.05) is 29.3 Å². The highest BCUT2D eigenvalue weighted by molar-refractivity contribution is 7.80. The molecule has 0 amide bonds. The molecule has 1 atom stereocenters. The molecule has 0 spiro atoms. The number of hydrogen-bond donors (Lipinski definition) is 2. The Bertz CT molecular complexity index is 758. The van der Waals surface area contributed by atoms with Gasteiger partial charge in [0.25, 0.3) is 0 Å². The van der Waals surface area contributed by atoms with Crippen molar-refractivity contribution in [2.45, 2.75) is 38.8 Å². The van der Waals surface area contributed by atoms with Gasteiger partial charge < -0.3 is 15.4 Å². The highest BCUT2D eigenvalue weighted by Crippen LogP contribution is 2.40. The van der Waals surface area contributed by atoms with E-state index in [1.165, 1.54) is 5.56 Å². The maximum atomic E-state index is 6.16. The summed E-state index contributed by atoms with van der Waals surface area (Å²) in [6.07, 6.45) is 0.802. The van der Waals surface area contributed by atoms with E-state index in [1.54, 1.807) is 0 Å². The largest absolute Gasteiger partial charge is 0.487 e. The van der Waals surface area contributed by atoms with Crippen molar-refractivity contribution in [2.24, 2.45) is 0 Å². The Labute approximate surface area is 153 Å². The summed E-state index contributed by atoms with van der Waals surface area (Å²) in [5.41, 5.74) is 2.96. The van der Waals surface area contributed by atoms with Crippen LogP contribution in [0, 0.1) is 6.92 Å². The van der Waals surface area contributed by atoms with Gasteiger partial charge in [0.2, 0.25) is 0 Å². The average molecular weight is 361 g/mol. The quantitative estimate of drug-likeness (QED) is 0.718. The fourth-order valence-corrected chi connectivity index (χ4v) is 3.36. The Morgan fingerprint density at radius 1 is 1.21 bits per heavy atom. The molecule has 0 unspecified atom stereocenters. The molecular weight excluding hydrogens is 340 g/mol. The van der Waals surface area contributed by atoms with Crippen molar-refractivity contribution in [3.8, 4) is 5.75 Å². The van der Waals surface area contributed by atoms with Gasteiger partial charge in [-0.3, -0.25) is 0 Å². The number of halogens is 1. The van der Waals surface area contributed by atoms with Crippen molar-refractivity contribution in [1.82, 2.24) is 5.32 Å². The summed E-state index contributed by atoms with van der Waals surface area (Å²) >= 11 is 11.7. The van der Waals surface area contributed by atoms with Crippen LogP contribution in [0.25, 0.3) is 0 Å². The Hall–Kier alpha value is -1.78. The molecule has 126 valence electrons. The maximum absolute atomic E-state index is 6.16. The van der Waals surface area contributed by atoms with Gasteiger partial charge in [-0.25, -0.2) is 0 Å². The summed E-state index contributed by atoms with van der Waals surface area (Å²) in [7, 11) is 0. The topological polar surface area (TPSA) is 33.3 Å². The third kappa shape index (κ3) is 4.00. The van der Waals surface area contributed by atoms with Crippen LogP contribution in [-0.4, -0.2) is 10.7 Å². The van der Waals surface area contributed by atoms with Gasteiger partial charge in [0, 0.05) is 22.7 Å². The molecule has 0 saturated heterocycles. The molecule has 24 heavy (non-hydrogen) atoms. The third-order valence-electron chi connectivity index (χ3n) is 4.04. The molecular formula is C19H21ClN2OS. The van der Waals surface area contributed by atoms with E-state index in [9.17, 15) is 0 Å². The summed E-state index contributed by atoms with van der Waals surface area (Å²) in [6.45, 7) is 6.22. The number of fused-ring (bicyclic) bond motifs is 1. The lowest BCUT2D eigenvalue weighted by atomic mass is 9.90. The number of hydrogen-bond acceptors (Lipinski definition) is 2. The maximum Gasteiger partial charge on any atom is 0.171 e. The Kier molecular flexibility index (Phi) is 4.70. The van der Waals surface area contributed by atoms with E-state index in [1.807, 2.05) is 30.3 Å². The number of ether oxygens (including phenoxy) is 1. The zero-order valence-corrected chi connectivity index (χ0v) is 15.6. The molecule has 1 aliphatic rings. The van der Waals surface area contributed by atoms with Gasteiger partial charge in [0.1, 0.15) is 11.4 Å². The molecule has 1 aliphatic heterocycles. The summed E-state index contributed by atoms with van der Waals surface area (Å²) in [5.74, 6) is 0.853. The molecule has 5 heteroatoms. The van der Waals surface area contributed by atoms with Crippen molar-refractivity contribution in [3.05, 3.63) is 58.6 Å². The Morgan fingerprint density at radius 2 is 1.92 bits per heavy atom. The van der Waals surface area contributed by atoms with Crippen molar-refractivity contribution in [2.75, 3.05) is 5.32 Å². The fraction of sp³-hybridized carbons (Fsp3) is 0.316. The number of rotatable bonds is 2. The molecule has 0 saturated carbocycles. The smallest absolute Gasteiger partial charge is 0.171 e. The third-order valence-corrected chi connectivity index (χ3v) is 4.50. The number of anilines is 1. The minimum atomic E-state index is -0.266. The molecule has 3 rings (SSSR count). The van der Waals surface area contributed by atoms with E-state index in [0.717, 1.165) is 23.4 Å². The summed E-state index contributed by atoms with van der Waals surface area (Å²) < 4.78 is 6.06. The first-order valence-electron chi connectivity index (χ1n) is 7.95. The molecule has 3 nitrogen and oxygen atoms in total. The number of thiocarbonyl (C=S) groups is 1. The van der Waals surface area contributed by atoms with Gasteiger partial charge in [-0.2, -0.15) is 0 Å². The van der Waals surface area contributed by atoms with E-state index in [0.29, 0.717) is 10.1 Å². The first kappa shape index (κ1) is 17.1. The van der Waals surface area contributed by atoms with Gasteiger partial charge in [-0.05, 0) is 63.3 Å². The Balaban J connectivity index is 1.77. The van der Waals surface area contributed by atoms with Crippen LogP contribution < -0.4 is 15.4 Å². The van der Waals surface area contributed by atoms with Crippen LogP contribution in [0.3, 0.4) is 0 Å². The van der Waals surface area contributed by atoms with Crippen LogP contribution in [0.1, 0.15) is 37.4 Å². The second kappa shape index (κ2) is 6.61. The molecule has 0 aliphatic carbocycles. The molecule has 0 fully saturated rings. The van der Waals surface area contributed by atoms with Crippen LogP contribution >= 0.6 is 23.8 Å². The van der Waals surface area contributed by atoms with Crippen LogP contribution in [-0.2, 0) is 0 Å². The highest BCUT2D eigenvalue weighted by Gasteiger charge is 2.34. The first-order valence-corrected chi connectivity index (χ1v) is 8.74. The lowest BCUT2D eigenvalue weighted by Crippen LogP contribution is -2.42. The van der Waals surface area contributed by atoms with Crippen LogP contribution in [0.15, 0.2) is 42.5 Å². The lowest BCUT2D eigenvalue weighted by Gasteiger charge is -2.38. The van der Waals surface area contributed by atoms with E-state index in [2.05, 4.69) is 43.5 Å². The van der Waals surface area contributed by atoms with Crippen molar-refractivity contribution >= 4 is 34.6 Å². The summed E-state index contributed by atoms with van der Waals surface area (Å²) in [6, 6.07) is 13.9. The van der Waals surface area contributed by atoms with Crippen molar-refractivity contribution in [1.29, 1.82) is 0 Å². The van der Waals surface area contributed by atoms with Crippen LogP contribution in [0.4, 0.5) is 5.69 Å². The van der Waals surface area contributed by atoms with Crippen molar-refractivity contribution in [3.63, 3.8) is 0 Å². The van der Waals surface area contributed by atoms with E-state index in [4.69, 9.17) is 28.6 Å². The predicted octanol–water partition coefficient (Wildman–Crippen LogP) is 5.24. The summed E-state index contributed by atoms with van der Waals surface area (Å²) in [4.78, 5) is 0. The van der Waals surface area contributed by atoms with E-state index >= 15 is 0 Å². The number of aryl methyl sites for hydroxylation is 1. The van der Waals surface area contributed by atoms with E-state index in [-0.39, 0.29) is 11.6 Å². The van der Waals surface area contributed by atoms with Gasteiger partial charge >= 0.3 is 0 Å². The van der Waals surface area contributed by atoms with Crippen LogP contribution in [0.5, 0.6) is 5.75 Å². The van der Waals surface area contributed by atoms with Gasteiger partial charge in [-0.15, -0.1) is 0 Å². The standard InChI is InChI=1S/C19H21ClN2OS/c1-12-4-7-14(8-5-12)21-18(24)22-16-11-19(2,3)23-17-9-6-13(20)10-15(16)17/h4-10,16H,11H2,1-3H3,(H2,21,22,24)/t16-/m1/s1. The monoisotopic (exact) mass is 360 g/mol. The highest BCUT2D eigenvalue weighted by atomic mass is 35.5. The molecule has 2 N–H and O–H groups in total. The average Bonchev–Trinajstić information content (AvgIpc) is 2.49. The minimum Gasteiger partial charge on any atom is -0.487 e. The van der Waals surface area contributed by atoms with Gasteiger partial charge in [0.05, 0.1) is 6.04 Å². The zero-order valence-electron chi connectivity index (χ0n) is 14.0. The molecule has 0 bridgehead atoms.